The highest BCUT2D eigenvalue weighted by atomic mass is 16.5. The summed E-state index contributed by atoms with van der Waals surface area (Å²) in [5.41, 5.74) is 9.20. The van der Waals surface area contributed by atoms with E-state index in [2.05, 4.69) is 75.2 Å². The summed E-state index contributed by atoms with van der Waals surface area (Å²) in [5.74, 6) is 1.92. The van der Waals surface area contributed by atoms with Crippen molar-refractivity contribution in [1.82, 2.24) is 0 Å². The smallest absolute Gasteiger partial charge is 0.120 e. The summed E-state index contributed by atoms with van der Waals surface area (Å²) >= 11 is 0. The van der Waals surface area contributed by atoms with E-state index in [1.807, 2.05) is 6.92 Å². The van der Waals surface area contributed by atoms with E-state index in [1.165, 1.54) is 33.5 Å². The third kappa shape index (κ3) is 3.29. The van der Waals surface area contributed by atoms with Crippen molar-refractivity contribution >= 4 is 5.69 Å². The van der Waals surface area contributed by atoms with E-state index in [-0.39, 0.29) is 0 Å². The minimum absolute atomic E-state index is 0.347. The molecular weight excluding hydrogens is 330 g/mol. The number of rotatable bonds is 4. The predicted molar refractivity (Wildman–Crippen MR) is 114 cm³/mol. The summed E-state index contributed by atoms with van der Waals surface area (Å²) in [5, 5.41) is 3.86. The Morgan fingerprint density at radius 1 is 1.15 bits per heavy atom. The van der Waals surface area contributed by atoms with Crippen LogP contribution in [0.5, 0.6) is 5.75 Å². The second-order valence-electron chi connectivity index (χ2n) is 8.28. The number of hydrogen-bond donors (Lipinski definition) is 1. The third-order valence-corrected chi connectivity index (χ3v) is 5.87. The van der Waals surface area contributed by atoms with Gasteiger partial charge in [-0.05, 0) is 86.1 Å². The fourth-order valence-corrected chi connectivity index (χ4v) is 4.84. The zero-order valence-electron chi connectivity index (χ0n) is 16.8. The van der Waals surface area contributed by atoms with E-state index in [9.17, 15) is 0 Å². The van der Waals surface area contributed by atoms with Crippen molar-refractivity contribution in [2.45, 2.75) is 46.1 Å². The van der Waals surface area contributed by atoms with Crippen LogP contribution < -0.4 is 10.1 Å². The molecule has 0 radical (unpaired) electrons. The molecule has 2 aliphatic rings. The molecule has 2 heteroatoms. The van der Waals surface area contributed by atoms with E-state index >= 15 is 0 Å². The van der Waals surface area contributed by atoms with Crippen molar-refractivity contribution in [3.63, 3.8) is 0 Å². The van der Waals surface area contributed by atoms with Crippen LogP contribution in [0.3, 0.4) is 0 Å². The van der Waals surface area contributed by atoms with Crippen LogP contribution in [-0.2, 0) is 0 Å². The molecule has 2 aromatic carbocycles. The highest BCUT2D eigenvalue weighted by Crippen LogP contribution is 2.51. The number of ether oxygens (including phenoxy) is 1. The molecule has 1 aliphatic carbocycles. The predicted octanol–water partition coefficient (Wildman–Crippen LogP) is 6.39. The van der Waals surface area contributed by atoms with Crippen LogP contribution in [-0.4, -0.2) is 6.61 Å². The fraction of sp³-hybridized carbons (Fsp3) is 0.360. The Morgan fingerprint density at radius 2 is 1.89 bits per heavy atom. The first-order valence-corrected chi connectivity index (χ1v) is 9.86. The molecule has 2 aromatic rings. The monoisotopic (exact) mass is 359 g/mol. The number of aryl methyl sites for hydroxylation is 3. The Bertz CT molecular complexity index is 901. The van der Waals surface area contributed by atoms with Crippen molar-refractivity contribution in [2.24, 2.45) is 5.92 Å². The maximum Gasteiger partial charge on any atom is 0.120 e. The van der Waals surface area contributed by atoms with Gasteiger partial charge in [-0.25, -0.2) is 0 Å². The molecule has 0 bridgehead atoms. The number of nitrogens with one attached hydrogen (secondary N) is 1. The van der Waals surface area contributed by atoms with Crippen molar-refractivity contribution in [3.05, 3.63) is 82.5 Å². The van der Waals surface area contributed by atoms with Gasteiger partial charge in [0.15, 0.2) is 0 Å². The first kappa shape index (κ1) is 17.9. The maximum atomic E-state index is 5.89. The third-order valence-electron chi connectivity index (χ3n) is 5.87. The van der Waals surface area contributed by atoms with Gasteiger partial charge in [-0.15, -0.1) is 0 Å². The van der Waals surface area contributed by atoms with Gasteiger partial charge in [0.25, 0.3) is 0 Å². The van der Waals surface area contributed by atoms with Crippen LogP contribution in [0, 0.1) is 26.7 Å². The quantitative estimate of drug-likeness (QED) is 0.638. The molecule has 2 nitrogen and oxygen atoms in total. The second-order valence-corrected chi connectivity index (χ2v) is 8.28. The Hall–Kier alpha value is -2.48. The van der Waals surface area contributed by atoms with Gasteiger partial charge in [-0.1, -0.05) is 36.4 Å². The number of allylic oxidation sites excluding steroid dienone is 2. The summed E-state index contributed by atoms with van der Waals surface area (Å²) in [4.78, 5) is 0. The van der Waals surface area contributed by atoms with Gasteiger partial charge in [0.2, 0.25) is 0 Å². The number of fused-ring (bicyclic) bond motifs is 3. The molecule has 1 heterocycles. The highest BCUT2D eigenvalue weighted by molar-refractivity contribution is 5.62. The Balaban J connectivity index is 1.72. The summed E-state index contributed by atoms with van der Waals surface area (Å²) in [6, 6.07) is 11.4. The molecule has 0 saturated heterocycles. The van der Waals surface area contributed by atoms with Gasteiger partial charge in [0.05, 0.1) is 6.04 Å². The SMILES string of the molecule is C=C(C)COc1ccc2c(c1)C1C=CCC1C(c1c(C)cc(C)cc1C)N2. The van der Waals surface area contributed by atoms with Gasteiger partial charge in [0, 0.05) is 11.6 Å². The fourth-order valence-electron chi connectivity index (χ4n) is 4.84. The molecule has 0 aromatic heterocycles. The highest BCUT2D eigenvalue weighted by Gasteiger charge is 2.39. The first-order valence-electron chi connectivity index (χ1n) is 9.86. The molecule has 3 atom stereocenters. The molecule has 0 spiro atoms. The molecule has 140 valence electrons. The van der Waals surface area contributed by atoms with Crippen LogP contribution in [0.25, 0.3) is 0 Å². The number of benzene rings is 2. The molecule has 0 amide bonds. The van der Waals surface area contributed by atoms with Crippen LogP contribution >= 0.6 is 0 Å². The van der Waals surface area contributed by atoms with E-state index < -0.39 is 0 Å². The molecule has 1 N–H and O–H groups in total. The van der Waals surface area contributed by atoms with Crippen LogP contribution in [0.4, 0.5) is 5.69 Å². The topological polar surface area (TPSA) is 21.3 Å². The van der Waals surface area contributed by atoms with Crippen molar-refractivity contribution in [1.29, 1.82) is 0 Å². The van der Waals surface area contributed by atoms with Gasteiger partial charge in [-0.2, -0.15) is 0 Å². The summed E-state index contributed by atoms with van der Waals surface area (Å²) in [6.45, 7) is 13.2. The first-order chi connectivity index (χ1) is 12.9. The lowest BCUT2D eigenvalue weighted by atomic mass is 9.75. The molecule has 27 heavy (non-hydrogen) atoms. The van der Waals surface area contributed by atoms with Crippen molar-refractivity contribution < 1.29 is 4.74 Å². The lowest BCUT2D eigenvalue weighted by molar-refractivity contribution is 0.350. The molecule has 0 fully saturated rings. The van der Waals surface area contributed by atoms with Gasteiger partial charge >= 0.3 is 0 Å². The van der Waals surface area contributed by atoms with Crippen LogP contribution in [0.1, 0.15) is 53.1 Å². The minimum atomic E-state index is 0.347. The number of hydrogen-bond acceptors (Lipinski definition) is 2. The Labute approximate surface area is 163 Å². The van der Waals surface area contributed by atoms with Gasteiger partial charge in [-0.3, -0.25) is 0 Å². The second kappa shape index (κ2) is 6.92. The van der Waals surface area contributed by atoms with Crippen molar-refractivity contribution in [3.8, 4) is 5.75 Å². The average molecular weight is 360 g/mol. The average Bonchev–Trinajstić information content (AvgIpc) is 3.09. The standard InChI is InChI=1S/C25H29NO/c1-15(2)14-27-19-9-10-23-22(13-19)20-7-6-8-21(20)25(26-23)24-17(4)11-16(3)12-18(24)5/h6-7,9-13,20-21,25-26H,1,8,14H2,2-5H3. The zero-order chi connectivity index (χ0) is 19.1. The number of anilines is 1. The lowest BCUT2D eigenvalue weighted by Gasteiger charge is -2.39. The molecular formula is C25H29NO. The zero-order valence-corrected chi connectivity index (χ0v) is 16.8. The largest absolute Gasteiger partial charge is 0.489 e. The van der Waals surface area contributed by atoms with E-state index in [0.717, 1.165) is 17.7 Å². The molecule has 0 saturated carbocycles. The Kier molecular flexibility index (Phi) is 4.59. The molecule has 1 aliphatic heterocycles. The Morgan fingerprint density at radius 3 is 2.59 bits per heavy atom. The lowest BCUT2D eigenvalue weighted by Crippen LogP contribution is -2.30. The minimum Gasteiger partial charge on any atom is -0.489 e. The summed E-state index contributed by atoms with van der Waals surface area (Å²) < 4.78 is 5.89. The van der Waals surface area contributed by atoms with E-state index in [0.29, 0.717) is 24.5 Å². The molecule has 3 unspecified atom stereocenters. The summed E-state index contributed by atoms with van der Waals surface area (Å²) in [6.07, 6.45) is 5.85. The maximum absolute atomic E-state index is 5.89. The van der Waals surface area contributed by atoms with Gasteiger partial charge in [0.1, 0.15) is 12.4 Å². The van der Waals surface area contributed by atoms with Crippen LogP contribution in [0.15, 0.2) is 54.6 Å². The van der Waals surface area contributed by atoms with Crippen LogP contribution in [0.2, 0.25) is 0 Å². The van der Waals surface area contributed by atoms with Crippen molar-refractivity contribution in [2.75, 3.05) is 11.9 Å². The van der Waals surface area contributed by atoms with Gasteiger partial charge < -0.3 is 10.1 Å². The normalized spacial score (nSPS) is 22.7. The van der Waals surface area contributed by atoms with E-state index in [4.69, 9.17) is 4.74 Å². The molecule has 4 rings (SSSR count). The summed E-state index contributed by atoms with van der Waals surface area (Å²) in [7, 11) is 0. The van der Waals surface area contributed by atoms with E-state index in [1.54, 1.807) is 0 Å².